The highest BCUT2D eigenvalue weighted by Crippen LogP contribution is 2.16. The van der Waals surface area contributed by atoms with Crippen molar-refractivity contribution in [2.75, 3.05) is 7.11 Å². The second kappa shape index (κ2) is 4.94. The molecule has 0 spiro atoms. The van der Waals surface area contributed by atoms with E-state index in [-0.39, 0.29) is 0 Å². The quantitative estimate of drug-likeness (QED) is 0.726. The number of rotatable bonds is 3. The number of aromatic nitrogens is 2. The predicted octanol–water partition coefficient (Wildman–Crippen LogP) is 3.32. The van der Waals surface area contributed by atoms with Gasteiger partial charge >= 0.3 is 0 Å². The highest BCUT2D eigenvalue weighted by molar-refractivity contribution is 5.83. The summed E-state index contributed by atoms with van der Waals surface area (Å²) in [7, 11) is 1.65. The molecule has 0 aliphatic carbocycles. The molecule has 0 atom stereocenters. The zero-order valence-electron chi connectivity index (χ0n) is 10.5. The third kappa shape index (κ3) is 2.47. The maximum absolute atomic E-state index is 5.11. The molecular weight excluding hydrogens is 238 g/mol. The first-order chi connectivity index (χ1) is 9.35. The molecule has 3 rings (SSSR count). The molecule has 3 aromatic rings. The lowest BCUT2D eigenvalue weighted by Crippen LogP contribution is -1.84. The van der Waals surface area contributed by atoms with Gasteiger partial charge in [-0.05, 0) is 42.0 Å². The fraction of sp³-hybridized carbons (Fsp3) is 0.0667. The minimum absolute atomic E-state index is 0.608. The van der Waals surface area contributed by atoms with Crippen LogP contribution in [0.2, 0.25) is 0 Å². The van der Waals surface area contributed by atoms with Crippen LogP contribution in [0.15, 0.2) is 53.5 Å². The first-order valence-electron chi connectivity index (χ1n) is 5.98. The highest BCUT2D eigenvalue weighted by Gasteiger charge is 1.98. The minimum atomic E-state index is 0.608. The minimum Gasteiger partial charge on any atom is -0.497 e. The number of hydrogen-bond donors (Lipinski definition) is 1. The summed E-state index contributed by atoms with van der Waals surface area (Å²) < 4.78 is 5.11. The zero-order valence-corrected chi connectivity index (χ0v) is 10.5. The topological polar surface area (TPSA) is 50.3 Å². The lowest BCUT2D eigenvalue weighted by Gasteiger charge is -1.98. The van der Waals surface area contributed by atoms with Gasteiger partial charge in [-0.1, -0.05) is 12.1 Å². The van der Waals surface area contributed by atoms with Gasteiger partial charge in [-0.2, -0.15) is 0 Å². The highest BCUT2D eigenvalue weighted by atomic mass is 16.5. The molecule has 2 aromatic carbocycles. The largest absolute Gasteiger partial charge is 0.497 e. The molecule has 1 N–H and O–H groups in total. The first kappa shape index (κ1) is 11.5. The Morgan fingerprint density at radius 1 is 1.11 bits per heavy atom. The average molecular weight is 251 g/mol. The van der Waals surface area contributed by atoms with Crippen LogP contribution in [0.3, 0.4) is 0 Å². The Balaban J connectivity index is 1.84. The SMILES string of the molecule is COc1ccc(/C=N/c2nc3ccccc3[nH]2)cc1. The van der Waals surface area contributed by atoms with Gasteiger partial charge < -0.3 is 9.72 Å². The number of methoxy groups -OCH3 is 1. The molecule has 4 nitrogen and oxygen atoms in total. The number of aliphatic imine (C=N–C) groups is 1. The van der Waals surface area contributed by atoms with E-state index in [1.807, 2.05) is 48.5 Å². The molecule has 0 saturated heterocycles. The van der Waals surface area contributed by atoms with Crippen molar-refractivity contribution in [3.8, 4) is 5.75 Å². The molecule has 0 aliphatic rings. The molecule has 0 aliphatic heterocycles. The van der Waals surface area contributed by atoms with Gasteiger partial charge in [0, 0.05) is 6.21 Å². The number of nitrogens with zero attached hydrogens (tertiary/aromatic N) is 2. The van der Waals surface area contributed by atoms with E-state index >= 15 is 0 Å². The van der Waals surface area contributed by atoms with Crippen LogP contribution in [0.1, 0.15) is 5.56 Å². The zero-order chi connectivity index (χ0) is 13.1. The van der Waals surface area contributed by atoms with Gasteiger partial charge in [0.15, 0.2) is 0 Å². The molecule has 0 bridgehead atoms. The Morgan fingerprint density at radius 2 is 1.89 bits per heavy atom. The molecule has 0 unspecified atom stereocenters. The molecule has 94 valence electrons. The van der Waals surface area contributed by atoms with E-state index in [2.05, 4.69) is 15.0 Å². The van der Waals surface area contributed by atoms with Crippen molar-refractivity contribution in [2.24, 2.45) is 4.99 Å². The average Bonchev–Trinajstić information content (AvgIpc) is 2.88. The molecule has 1 aromatic heterocycles. The summed E-state index contributed by atoms with van der Waals surface area (Å²) in [6, 6.07) is 15.6. The van der Waals surface area contributed by atoms with Crippen LogP contribution in [-0.2, 0) is 0 Å². The summed E-state index contributed by atoms with van der Waals surface area (Å²) in [5, 5.41) is 0. The summed E-state index contributed by atoms with van der Waals surface area (Å²) in [6.45, 7) is 0. The van der Waals surface area contributed by atoms with Crippen LogP contribution in [0, 0.1) is 0 Å². The summed E-state index contributed by atoms with van der Waals surface area (Å²) in [5.74, 6) is 1.44. The Bertz CT molecular complexity index is 681. The van der Waals surface area contributed by atoms with E-state index in [0.717, 1.165) is 22.3 Å². The summed E-state index contributed by atoms with van der Waals surface area (Å²) in [6.07, 6.45) is 1.77. The van der Waals surface area contributed by atoms with Gasteiger partial charge in [-0.25, -0.2) is 9.98 Å². The number of nitrogens with one attached hydrogen (secondary N) is 1. The maximum Gasteiger partial charge on any atom is 0.227 e. The number of ether oxygens (including phenoxy) is 1. The number of hydrogen-bond acceptors (Lipinski definition) is 3. The number of aromatic amines is 1. The normalized spacial score (nSPS) is 11.2. The third-order valence-corrected chi connectivity index (χ3v) is 2.83. The lowest BCUT2D eigenvalue weighted by molar-refractivity contribution is 0.415. The molecule has 4 heteroatoms. The standard InChI is InChI=1S/C15H13N3O/c1-19-12-8-6-11(7-9-12)10-16-15-17-13-4-2-3-5-14(13)18-15/h2-10H,1H3,(H,17,18)/b16-10+. The van der Waals surface area contributed by atoms with Gasteiger partial charge in [0.1, 0.15) is 5.75 Å². The van der Waals surface area contributed by atoms with E-state index in [1.165, 1.54) is 0 Å². The smallest absolute Gasteiger partial charge is 0.227 e. The second-order valence-electron chi connectivity index (χ2n) is 4.11. The molecule has 19 heavy (non-hydrogen) atoms. The maximum atomic E-state index is 5.11. The molecule has 0 saturated carbocycles. The fourth-order valence-electron chi connectivity index (χ4n) is 1.83. The van der Waals surface area contributed by atoms with Crippen molar-refractivity contribution in [1.82, 2.24) is 9.97 Å². The van der Waals surface area contributed by atoms with Crippen LogP contribution in [0.25, 0.3) is 11.0 Å². The van der Waals surface area contributed by atoms with Crippen LogP contribution < -0.4 is 4.74 Å². The van der Waals surface area contributed by atoms with Crippen molar-refractivity contribution >= 4 is 23.2 Å². The van der Waals surface area contributed by atoms with E-state index in [0.29, 0.717) is 5.95 Å². The molecular formula is C15H13N3O. The Morgan fingerprint density at radius 3 is 2.63 bits per heavy atom. The molecule has 0 fully saturated rings. The third-order valence-electron chi connectivity index (χ3n) is 2.83. The van der Waals surface area contributed by atoms with Crippen molar-refractivity contribution in [1.29, 1.82) is 0 Å². The van der Waals surface area contributed by atoms with Gasteiger partial charge in [0.25, 0.3) is 0 Å². The second-order valence-corrected chi connectivity index (χ2v) is 4.11. The number of imidazole rings is 1. The summed E-state index contributed by atoms with van der Waals surface area (Å²) >= 11 is 0. The number of H-pyrrole nitrogens is 1. The fourth-order valence-corrected chi connectivity index (χ4v) is 1.83. The van der Waals surface area contributed by atoms with E-state index < -0.39 is 0 Å². The van der Waals surface area contributed by atoms with Crippen molar-refractivity contribution in [3.05, 3.63) is 54.1 Å². The van der Waals surface area contributed by atoms with Gasteiger partial charge in [0.2, 0.25) is 5.95 Å². The van der Waals surface area contributed by atoms with Crippen molar-refractivity contribution in [3.63, 3.8) is 0 Å². The number of para-hydroxylation sites is 2. The van der Waals surface area contributed by atoms with E-state index in [4.69, 9.17) is 4.74 Å². The Hall–Kier alpha value is -2.62. The van der Waals surface area contributed by atoms with Gasteiger partial charge in [-0.3, -0.25) is 0 Å². The Kier molecular flexibility index (Phi) is 2.98. The van der Waals surface area contributed by atoms with Gasteiger partial charge in [-0.15, -0.1) is 0 Å². The predicted molar refractivity (Wildman–Crippen MR) is 76.3 cm³/mol. The van der Waals surface area contributed by atoms with Crippen LogP contribution in [0.4, 0.5) is 5.95 Å². The van der Waals surface area contributed by atoms with Crippen molar-refractivity contribution in [2.45, 2.75) is 0 Å². The lowest BCUT2D eigenvalue weighted by atomic mass is 10.2. The Labute approximate surface area is 110 Å². The monoisotopic (exact) mass is 251 g/mol. The number of benzene rings is 2. The van der Waals surface area contributed by atoms with Crippen LogP contribution in [-0.4, -0.2) is 23.3 Å². The first-order valence-corrected chi connectivity index (χ1v) is 5.98. The van der Waals surface area contributed by atoms with Crippen LogP contribution >= 0.6 is 0 Å². The van der Waals surface area contributed by atoms with Crippen LogP contribution in [0.5, 0.6) is 5.75 Å². The van der Waals surface area contributed by atoms with Gasteiger partial charge in [0.05, 0.1) is 18.1 Å². The molecule has 0 amide bonds. The van der Waals surface area contributed by atoms with E-state index in [9.17, 15) is 0 Å². The van der Waals surface area contributed by atoms with E-state index in [1.54, 1.807) is 13.3 Å². The van der Waals surface area contributed by atoms with Crippen molar-refractivity contribution < 1.29 is 4.74 Å². The molecule has 1 heterocycles. The molecule has 0 radical (unpaired) electrons. The number of fused-ring (bicyclic) bond motifs is 1. The summed E-state index contributed by atoms with van der Waals surface area (Å²) in [5.41, 5.74) is 2.91. The summed E-state index contributed by atoms with van der Waals surface area (Å²) in [4.78, 5) is 11.9.